The lowest BCUT2D eigenvalue weighted by molar-refractivity contribution is 0.304. The second-order valence-corrected chi connectivity index (χ2v) is 4.77. The topological polar surface area (TPSA) is 59.0 Å². The fraction of sp³-hybridized carbons (Fsp3) is 0.500. The molecule has 0 heterocycles. The quantitative estimate of drug-likeness (QED) is 0.771. The van der Waals surface area contributed by atoms with E-state index >= 15 is 0 Å². The van der Waals surface area contributed by atoms with Gasteiger partial charge in [0.2, 0.25) is 0 Å². The molecular weight excluding hydrogens is 248 g/mol. The van der Waals surface area contributed by atoms with Gasteiger partial charge in [-0.15, -0.1) is 0 Å². The Hall–Kier alpha value is -1.24. The van der Waals surface area contributed by atoms with Gasteiger partial charge in [0, 0.05) is 23.0 Å². The van der Waals surface area contributed by atoms with Gasteiger partial charge in [0.05, 0.1) is 12.7 Å². The Morgan fingerprint density at radius 2 is 2.22 bits per heavy atom. The van der Waals surface area contributed by atoms with Crippen LogP contribution in [0.15, 0.2) is 18.2 Å². The molecule has 0 aliphatic heterocycles. The number of ether oxygens (including phenoxy) is 1. The van der Waals surface area contributed by atoms with E-state index in [1.807, 2.05) is 25.1 Å². The molecule has 0 bridgehead atoms. The highest BCUT2D eigenvalue weighted by atomic mass is 35.5. The molecule has 1 rings (SSSR count). The maximum absolute atomic E-state index is 8.44. The van der Waals surface area contributed by atoms with Gasteiger partial charge in [-0.25, -0.2) is 0 Å². The van der Waals surface area contributed by atoms with Gasteiger partial charge >= 0.3 is 0 Å². The summed E-state index contributed by atoms with van der Waals surface area (Å²) in [5, 5.41) is 9.14. The SMILES string of the molecule is CC(N)Cc1c(Cl)cccc1OCCCCC#N. The van der Waals surface area contributed by atoms with Crippen LogP contribution in [0.25, 0.3) is 0 Å². The van der Waals surface area contributed by atoms with Crippen molar-refractivity contribution in [1.82, 2.24) is 0 Å². The third kappa shape index (κ3) is 4.95. The van der Waals surface area contributed by atoms with Crippen LogP contribution in [0.3, 0.4) is 0 Å². The number of nitriles is 1. The highest BCUT2D eigenvalue weighted by molar-refractivity contribution is 6.31. The number of nitrogens with two attached hydrogens (primary N) is 1. The molecule has 98 valence electrons. The molecule has 0 radical (unpaired) electrons. The summed E-state index contributed by atoms with van der Waals surface area (Å²) in [5.74, 6) is 0.803. The second kappa shape index (κ2) is 7.97. The molecule has 0 spiro atoms. The first-order valence-corrected chi connectivity index (χ1v) is 6.55. The summed E-state index contributed by atoms with van der Waals surface area (Å²) in [5.41, 5.74) is 6.77. The molecule has 0 fully saturated rings. The first-order chi connectivity index (χ1) is 8.65. The van der Waals surface area contributed by atoms with Crippen LogP contribution in [-0.2, 0) is 6.42 Å². The van der Waals surface area contributed by atoms with Gasteiger partial charge in [-0.1, -0.05) is 17.7 Å². The van der Waals surface area contributed by atoms with E-state index in [-0.39, 0.29) is 6.04 Å². The van der Waals surface area contributed by atoms with Gasteiger partial charge in [-0.2, -0.15) is 5.26 Å². The molecule has 0 amide bonds. The van der Waals surface area contributed by atoms with Gasteiger partial charge in [-0.3, -0.25) is 0 Å². The van der Waals surface area contributed by atoms with Gasteiger partial charge < -0.3 is 10.5 Å². The predicted octanol–water partition coefficient (Wildman–Crippen LogP) is 3.30. The maximum Gasteiger partial charge on any atom is 0.124 e. The molecule has 0 aliphatic rings. The Morgan fingerprint density at radius 1 is 1.44 bits per heavy atom. The zero-order valence-corrected chi connectivity index (χ0v) is 11.4. The van der Waals surface area contributed by atoms with Crippen LogP contribution in [0.2, 0.25) is 5.02 Å². The molecule has 1 atom stereocenters. The van der Waals surface area contributed by atoms with Crippen molar-refractivity contribution in [2.75, 3.05) is 6.61 Å². The van der Waals surface area contributed by atoms with E-state index in [0.29, 0.717) is 24.5 Å². The van der Waals surface area contributed by atoms with Gasteiger partial charge in [0.1, 0.15) is 5.75 Å². The maximum atomic E-state index is 8.44. The van der Waals surface area contributed by atoms with Gasteiger partial charge in [-0.05, 0) is 38.3 Å². The number of benzene rings is 1. The van der Waals surface area contributed by atoms with Gasteiger partial charge in [0.25, 0.3) is 0 Å². The minimum atomic E-state index is 0.0471. The predicted molar refractivity (Wildman–Crippen MR) is 73.8 cm³/mol. The van der Waals surface area contributed by atoms with Crippen molar-refractivity contribution in [3.63, 3.8) is 0 Å². The Morgan fingerprint density at radius 3 is 2.89 bits per heavy atom. The van der Waals surface area contributed by atoms with Crippen LogP contribution in [0.1, 0.15) is 31.7 Å². The number of rotatable bonds is 7. The van der Waals surface area contributed by atoms with E-state index in [4.69, 9.17) is 27.3 Å². The molecule has 2 N–H and O–H groups in total. The van der Waals surface area contributed by atoms with Crippen LogP contribution in [-0.4, -0.2) is 12.6 Å². The Bertz CT molecular complexity index is 413. The summed E-state index contributed by atoms with van der Waals surface area (Å²) in [7, 11) is 0. The average molecular weight is 267 g/mol. The molecule has 1 unspecified atom stereocenters. The van der Waals surface area contributed by atoms with E-state index in [1.165, 1.54) is 0 Å². The van der Waals surface area contributed by atoms with E-state index < -0.39 is 0 Å². The molecule has 0 aliphatic carbocycles. The zero-order valence-electron chi connectivity index (χ0n) is 10.7. The molecule has 1 aromatic rings. The van der Waals surface area contributed by atoms with Crippen molar-refractivity contribution < 1.29 is 4.74 Å². The van der Waals surface area contributed by atoms with Gasteiger partial charge in [0.15, 0.2) is 0 Å². The van der Waals surface area contributed by atoms with Crippen LogP contribution in [0.5, 0.6) is 5.75 Å². The number of halogens is 1. The minimum absolute atomic E-state index is 0.0471. The fourth-order valence-electron chi connectivity index (χ4n) is 1.68. The highest BCUT2D eigenvalue weighted by Gasteiger charge is 2.10. The van der Waals surface area contributed by atoms with E-state index in [1.54, 1.807) is 0 Å². The monoisotopic (exact) mass is 266 g/mol. The summed E-state index contributed by atoms with van der Waals surface area (Å²) in [6.45, 7) is 2.55. The Labute approximate surface area is 114 Å². The summed E-state index contributed by atoms with van der Waals surface area (Å²) < 4.78 is 5.72. The van der Waals surface area contributed by atoms with E-state index in [9.17, 15) is 0 Å². The third-order valence-electron chi connectivity index (χ3n) is 2.54. The average Bonchev–Trinajstić information content (AvgIpc) is 2.32. The van der Waals surface area contributed by atoms with Crippen molar-refractivity contribution >= 4 is 11.6 Å². The normalized spacial score (nSPS) is 11.9. The number of nitrogens with zero attached hydrogens (tertiary/aromatic N) is 1. The van der Waals surface area contributed by atoms with Crippen LogP contribution >= 0.6 is 11.6 Å². The third-order valence-corrected chi connectivity index (χ3v) is 2.90. The first kappa shape index (κ1) is 14.8. The lowest BCUT2D eigenvalue weighted by atomic mass is 10.1. The van der Waals surface area contributed by atoms with Crippen molar-refractivity contribution in [2.45, 2.75) is 38.6 Å². The zero-order chi connectivity index (χ0) is 13.4. The summed E-state index contributed by atoms with van der Waals surface area (Å²) in [6, 6.07) is 7.80. The van der Waals surface area contributed by atoms with Crippen molar-refractivity contribution in [3.05, 3.63) is 28.8 Å². The van der Waals surface area contributed by atoms with Crippen molar-refractivity contribution in [1.29, 1.82) is 5.26 Å². The van der Waals surface area contributed by atoms with Crippen LogP contribution in [0, 0.1) is 11.3 Å². The lowest BCUT2D eigenvalue weighted by Gasteiger charge is -2.14. The lowest BCUT2D eigenvalue weighted by Crippen LogP contribution is -2.18. The molecule has 0 saturated carbocycles. The summed E-state index contributed by atoms with van der Waals surface area (Å²) in [6.07, 6.45) is 3.01. The van der Waals surface area contributed by atoms with Crippen LogP contribution in [0.4, 0.5) is 0 Å². The van der Waals surface area contributed by atoms with E-state index in [2.05, 4.69) is 6.07 Å². The largest absolute Gasteiger partial charge is 0.493 e. The molecular formula is C14H19ClN2O. The summed E-state index contributed by atoms with van der Waals surface area (Å²) >= 11 is 6.16. The second-order valence-electron chi connectivity index (χ2n) is 4.36. The molecule has 1 aromatic carbocycles. The van der Waals surface area contributed by atoms with Crippen LogP contribution < -0.4 is 10.5 Å². The molecule has 18 heavy (non-hydrogen) atoms. The Balaban J connectivity index is 2.58. The number of hydrogen-bond donors (Lipinski definition) is 1. The smallest absolute Gasteiger partial charge is 0.124 e. The Kier molecular flexibility index (Phi) is 6.56. The molecule has 0 saturated heterocycles. The van der Waals surface area contributed by atoms with Crippen molar-refractivity contribution in [2.24, 2.45) is 5.73 Å². The molecule has 4 heteroatoms. The number of hydrogen-bond acceptors (Lipinski definition) is 3. The van der Waals surface area contributed by atoms with Crippen molar-refractivity contribution in [3.8, 4) is 11.8 Å². The highest BCUT2D eigenvalue weighted by Crippen LogP contribution is 2.27. The standard InChI is InChI=1S/C14H19ClN2O/c1-11(17)10-12-13(15)6-5-7-14(12)18-9-4-2-3-8-16/h5-7,11H,2-4,9-10,17H2,1H3. The summed E-state index contributed by atoms with van der Waals surface area (Å²) in [4.78, 5) is 0. The molecule has 0 aromatic heterocycles. The van der Waals surface area contributed by atoms with E-state index in [0.717, 1.165) is 24.2 Å². The molecule has 3 nitrogen and oxygen atoms in total. The fourth-order valence-corrected chi connectivity index (χ4v) is 1.93. The number of unbranched alkanes of at least 4 members (excludes halogenated alkanes) is 2. The minimum Gasteiger partial charge on any atom is -0.493 e. The first-order valence-electron chi connectivity index (χ1n) is 6.18.